The van der Waals surface area contributed by atoms with Crippen molar-refractivity contribution in [2.45, 2.75) is 5.41 Å². The summed E-state index contributed by atoms with van der Waals surface area (Å²) in [5, 5.41) is 2.60. The molecule has 4 nitrogen and oxygen atoms in total. The Morgan fingerprint density at radius 2 is 0.935 bits per heavy atom. The molecule has 0 saturated carbocycles. The van der Waals surface area contributed by atoms with Crippen LogP contribution in [0.5, 0.6) is 0 Å². The van der Waals surface area contributed by atoms with E-state index < -0.39 is 5.41 Å². The predicted molar refractivity (Wildman–Crippen MR) is 254 cm³/mol. The van der Waals surface area contributed by atoms with Crippen LogP contribution in [0.2, 0.25) is 0 Å². The highest BCUT2D eigenvalue weighted by atomic mass is 32.1. The molecule has 3 heterocycles. The number of rotatable bonds is 4. The standard InChI is InChI=1S/C57H34N4S/c1-3-15-35(16-4-1)50-32-51(38-33-58-55(59-34-38)36-17-5-2-6-18-36)61-56(60-50)37-27-28-42-40-20-8-7-19-39(40)41-21-9-12-24-46(41)57(49(42)31-37)47-25-13-10-23-45(47)53-48(57)30-29-44-43-22-11-14-26-52(43)62-54(44)53/h1-34H. The molecule has 5 heteroatoms. The molecule has 0 aliphatic heterocycles. The van der Waals surface area contributed by atoms with Crippen LogP contribution >= 0.6 is 11.3 Å². The van der Waals surface area contributed by atoms with E-state index >= 15 is 0 Å². The second-order valence-electron chi connectivity index (χ2n) is 16.1. The molecule has 2 aliphatic rings. The van der Waals surface area contributed by atoms with Gasteiger partial charge in [0.2, 0.25) is 0 Å². The zero-order valence-electron chi connectivity index (χ0n) is 33.3. The van der Waals surface area contributed by atoms with Crippen LogP contribution in [0.3, 0.4) is 0 Å². The zero-order chi connectivity index (χ0) is 40.8. The first kappa shape index (κ1) is 34.9. The average Bonchev–Trinajstić information content (AvgIpc) is 3.85. The Morgan fingerprint density at radius 1 is 0.355 bits per heavy atom. The molecule has 1 atom stereocenters. The lowest BCUT2D eigenvalue weighted by molar-refractivity contribution is 0.776. The van der Waals surface area contributed by atoms with Crippen LogP contribution in [-0.4, -0.2) is 19.9 Å². The second-order valence-corrected chi connectivity index (χ2v) is 17.2. The SMILES string of the molecule is c1ccc(-c2cc(-c3cnc(-c4ccccc4)nc3)nc(-c3ccc4c(c3)C3(c5ccccc5-c5ccccc5-4)c4ccccc4-c4c3ccc3c4sc4ccccc43)n2)cc1. The minimum absolute atomic E-state index is 0.642. The lowest BCUT2D eigenvalue weighted by atomic mass is 9.65. The van der Waals surface area contributed by atoms with Crippen molar-refractivity contribution in [1.82, 2.24) is 19.9 Å². The summed E-state index contributed by atoms with van der Waals surface area (Å²) in [6.45, 7) is 0. The largest absolute Gasteiger partial charge is 0.236 e. The van der Waals surface area contributed by atoms with Gasteiger partial charge in [0.05, 0.1) is 16.8 Å². The van der Waals surface area contributed by atoms with Crippen molar-refractivity contribution in [2.75, 3.05) is 0 Å². The Balaban J connectivity index is 1.10. The molecule has 2 aliphatic carbocycles. The van der Waals surface area contributed by atoms with E-state index in [0.717, 1.165) is 33.6 Å². The van der Waals surface area contributed by atoms with Gasteiger partial charge in [-0.1, -0.05) is 176 Å². The minimum Gasteiger partial charge on any atom is -0.236 e. The first-order valence-electron chi connectivity index (χ1n) is 21.0. The Labute approximate surface area is 362 Å². The summed E-state index contributed by atoms with van der Waals surface area (Å²) >= 11 is 1.90. The molecule has 0 fully saturated rings. The van der Waals surface area contributed by atoms with Crippen LogP contribution < -0.4 is 0 Å². The van der Waals surface area contributed by atoms with E-state index in [9.17, 15) is 0 Å². The van der Waals surface area contributed by atoms with E-state index in [0.29, 0.717) is 11.6 Å². The molecule has 1 spiro atoms. The second kappa shape index (κ2) is 13.6. The van der Waals surface area contributed by atoms with Gasteiger partial charge in [0.1, 0.15) is 0 Å². The average molecular weight is 807 g/mol. The number of thiophene rings is 1. The smallest absolute Gasteiger partial charge is 0.160 e. The van der Waals surface area contributed by atoms with E-state index in [1.165, 1.54) is 75.8 Å². The van der Waals surface area contributed by atoms with E-state index in [4.69, 9.17) is 19.9 Å². The Morgan fingerprint density at radius 3 is 1.68 bits per heavy atom. The van der Waals surface area contributed by atoms with Crippen molar-refractivity contribution in [3.05, 3.63) is 229 Å². The number of hydrogen-bond acceptors (Lipinski definition) is 5. The van der Waals surface area contributed by atoms with Gasteiger partial charge in [-0.15, -0.1) is 11.3 Å². The third-order valence-corrected chi connectivity index (χ3v) is 14.1. The molecular weight excluding hydrogens is 773 g/mol. The summed E-state index contributed by atoms with van der Waals surface area (Å²) in [6, 6.07) is 70.0. The van der Waals surface area contributed by atoms with Crippen molar-refractivity contribution in [3.63, 3.8) is 0 Å². The summed E-state index contributed by atoms with van der Waals surface area (Å²) in [6.07, 6.45) is 3.74. The van der Waals surface area contributed by atoms with Crippen LogP contribution in [-0.2, 0) is 5.41 Å². The van der Waals surface area contributed by atoms with Crippen LogP contribution in [0.1, 0.15) is 22.3 Å². The van der Waals surface area contributed by atoms with Gasteiger partial charge in [-0.25, -0.2) is 19.9 Å². The number of benzene rings is 8. The van der Waals surface area contributed by atoms with Crippen LogP contribution in [0, 0.1) is 0 Å². The Hall–Kier alpha value is -7.86. The third kappa shape index (κ3) is 5.06. The fourth-order valence-electron chi connectivity index (χ4n) is 10.2. The number of nitrogens with zero attached hydrogens (tertiary/aromatic N) is 4. The van der Waals surface area contributed by atoms with Crippen molar-refractivity contribution >= 4 is 31.5 Å². The molecule has 0 N–H and O–H groups in total. The van der Waals surface area contributed by atoms with E-state index in [1.54, 1.807) is 0 Å². The minimum atomic E-state index is -0.655. The molecule has 288 valence electrons. The van der Waals surface area contributed by atoms with Gasteiger partial charge < -0.3 is 0 Å². The van der Waals surface area contributed by atoms with E-state index in [1.807, 2.05) is 60.1 Å². The highest BCUT2D eigenvalue weighted by molar-refractivity contribution is 7.26. The molecule has 62 heavy (non-hydrogen) atoms. The fraction of sp³-hybridized carbons (Fsp3) is 0.0175. The van der Waals surface area contributed by atoms with Gasteiger partial charge in [0.25, 0.3) is 0 Å². The van der Waals surface area contributed by atoms with Crippen molar-refractivity contribution in [1.29, 1.82) is 0 Å². The van der Waals surface area contributed by atoms with Crippen LogP contribution in [0.4, 0.5) is 0 Å². The molecule has 8 aromatic carbocycles. The van der Waals surface area contributed by atoms with E-state index in [2.05, 4.69) is 158 Å². The summed E-state index contributed by atoms with van der Waals surface area (Å²) < 4.78 is 2.63. The summed E-state index contributed by atoms with van der Waals surface area (Å²) in [7, 11) is 0. The Bertz CT molecular complexity index is 3580. The van der Waals surface area contributed by atoms with Crippen molar-refractivity contribution in [2.24, 2.45) is 0 Å². The monoisotopic (exact) mass is 806 g/mol. The normalized spacial score (nSPS) is 14.5. The molecular formula is C57H34N4S. The first-order valence-corrected chi connectivity index (χ1v) is 21.8. The van der Waals surface area contributed by atoms with Crippen LogP contribution in [0.25, 0.3) is 98.8 Å². The predicted octanol–water partition coefficient (Wildman–Crippen LogP) is 14.3. The summed E-state index contributed by atoms with van der Waals surface area (Å²) in [5.74, 6) is 1.32. The van der Waals surface area contributed by atoms with Gasteiger partial charge in [0.15, 0.2) is 11.6 Å². The summed E-state index contributed by atoms with van der Waals surface area (Å²) in [5.41, 5.74) is 17.2. The molecule has 13 rings (SSSR count). The maximum atomic E-state index is 5.34. The van der Waals surface area contributed by atoms with Gasteiger partial charge in [0, 0.05) is 60.4 Å². The van der Waals surface area contributed by atoms with Crippen LogP contribution in [0.15, 0.2) is 207 Å². The van der Waals surface area contributed by atoms with Gasteiger partial charge in [-0.3, -0.25) is 0 Å². The number of hydrogen-bond donors (Lipinski definition) is 0. The summed E-state index contributed by atoms with van der Waals surface area (Å²) in [4.78, 5) is 20.3. The maximum absolute atomic E-state index is 5.34. The maximum Gasteiger partial charge on any atom is 0.160 e. The third-order valence-electron chi connectivity index (χ3n) is 12.8. The highest BCUT2D eigenvalue weighted by Crippen LogP contribution is 2.63. The zero-order valence-corrected chi connectivity index (χ0v) is 34.1. The molecule has 0 amide bonds. The molecule has 1 unspecified atom stereocenters. The lowest BCUT2D eigenvalue weighted by Crippen LogP contribution is -2.29. The lowest BCUT2D eigenvalue weighted by Gasteiger charge is -2.35. The fourth-order valence-corrected chi connectivity index (χ4v) is 11.4. The quantitative estimate of drug-likeness (QED) is 0.178. The molecule has 0 saturated heterocycles. The van der Waals surface area contributed by atoms with E-state index in [-0.39, 0.29) is 0 Å². The van der Waals surface area contributed by atoms with Crippen molar-refractivity contribution < 1.29 is 0 Å². The first-order chi connectivity index (χ1) is 30.7. The molecule has 3 aromatic heterocycles. The van der Waals surface area contributed by atoms with Gasteiger partial charge in [-0.05, 0) is 68.3 Å². The number of fused-ring (bicyclic) bond motifs is 16. The Kier molecular flexibility index (Phi) is 7.66. The molecule has 0 bridgehead atoms. The van der Waals surface area contributed by atoms with Crippen molar-refractivity contribution in [3.8, 4) is 78.7 Å². The molecule has 11 aromatic rings. The number of aromatic nitrogens is 4. The topological polar surface area (TPSA) is 51.6 Å². The molecule has 0 radical (unpaired) electrons. The highest BCUT2D eigenvalue weighted by Gasteiger charge is 2.50. The van der Waals surface area contributed by atoms with Gasteiger partial charge in [-0.2, -0.15) is 0 Å². The van der Waals surface area contributed by atoms with Gasteiger partial charge >= 0.3 is 0 Å².